The van der Waals surface area contributed by atoms with Gasteiger partial charge < -0.3 is 10.6 Å². The lowest BCUT2D eigenvalue weighted by atomic mass is 9.85. The first kappa shape index (κ1) is 18.0. The van der Waals surface area contributed by atoms with Gasteiger partial charge in [-0.05, 0) is 55.1 Å². The van der Waals surface area contributed by atoms with Gasteiger partial charge in [-0.1, -0.05) is 30.3 Å². The molecular formula is C22H26FN3O. The molecule has 2 aliphatic heterocycles. The maximum Gasteiger partial charge on any atom is 0.222 e. The van der Waals surface area contributed by atoms with Crippen molar-refractivity contribution in [2.75, 3.05) is 18.4 Å². The van der Waals surface area contributed by atoms with Gasteiger partial charge in [0.1, 0.15) is 5.82 Å². The third-order valence-corrected chi connectivity index (χ3v) is 5.72. The summed E-state index contributed by atoms with van der Waals surface area (Å²) in [6, 6.07) is 15.0. The highest BCUT2D eigenvalue weighted by Crippen LogP contribution is 2.33. The van der Waals surface area contributed by atoms with E-state index in [1.165, 1.54) is 6.07 Å². The first-order valence-corrected chi connectivity index (χ1v) is 9.72. The number of amides is 1. The van der Waals surface area contributed by atoms with Crippen LogP contribution in [0.25, 0.3) is 0 Å². The molecule has 1 amide bonds. The summed E-state index contributed by atoms with van der Waals surface area (Å²) in [4.78, 5) is 14.8. The minimum Gasteiger partial charge on any atom is -0.379 e. The molecule has 0 unspecified atom stereocenters. The van der Waals surface area contributed by atoms with Gasteiger partial charge in [-0.3, -0.25) is 9.69 Å². The zero-order valence-corrected chi connectivity index (χ0v) is 15.5. The van der Waals surface area contributed by atoms with Crippen LogP contribution in [0.15, 0.2) is 48.5 Å². The zero-order chi connectivity index (χ0) is 18.7. The van der Waals surface area contributed by atoms with E-state index in [0.29, 0.717) is 13.0 Å². The number of nitrogens with one attached hydrogen (secondary N) is 2. The number of likely N-dealkylation sites (tertiary alicyclic amines) is 1. The molecule has 1 fully saturated rings. The van der Waals surface area contributed by atoms with Crippen LogP contribution in [0, 0.1) is 5.82 Å². The molecule has 2 aliphatic rings. The predicted octanol–water partition coefficient (Wildman–Crippen LogP) is 3.68. The van der Waals surface area contributed by atoms with Crippen LogP contribution in [-0.4, -0.2) is 29.4 Å². The Morgan fingerprint density at radius 1 is 1.07 bits per heavy atom. The van der Waals surface area contributed by atoms with Crippen LogP contribution in [-0.2, 0) is 17.9 Å². The van der Waals surface area contributed by atoms with E-state index in [-0.39, 0.29) is 17.3 Å². The minimum absolute atomic E-state index is 0.107. The third-order valence-electron chi connectivity index (χ3n) is 5.72. The Hall–Kier alpha value is -2.40. The molecule has 2 aromatic carbocycles. The molecule has 142 valence electrons. The number of anilines is 1. The summed E-state index contributed by atoms with van der Waals surface area (Å²) < 4.78 is 13.5. The van der Waals surface area contributed by atoms with E-state index in [1.54, 1.807) is 12.1 Å². The fourth-order valence-corrected chi connectivity index (χ4v) is 4.29. The molecular weight excluding hydrogens is 341 g/mol. The second-order valence-corrected chi connectivity index (χ2v) is 7.78. The van der Waals surface area contributed by atoms with Crippen molar-refractivity contribution in [1.29, 1.82) is 0 Å². The SMILES string of the molecule is O=C1C[C@]2(CCCN(Cc3cccc(F)c3)CC2)Nc2ccccc2CN1. The van der Waals surface area contributed by atoms with Crippen LogP contribution in [0.3, 0.4) is 0 Å². The first-order valence-electron chi connectivity index (χ1n) is 9.72. The van der Waals surface area contributed by atoms with E-state index in [1.807, 2.05) is 18.2 Å². The Morgan fingerprint density at radius 3 is 2.85 bits per heavy atom. The molecule has 4 rings (SSSR count). The van der Waals surface area contributed by atoms with Gasteiger partial charge in [0, 0.05) is 37.3 Å². The summed E-state index contributed by atoms with van der Waals surface area (Å²) in [5.41, 5.74) is 3.03. The summed E-state index contributed by atoms with van der Waals surface area (Å²) in [6.45, 7) is 3.17. The smallest absolute Gasteiger partial charge is 0.222 e. The topological polar surface area (TPSA) is 44.4 Å². The fourth-order valence-electron chi connectivity index (χ4n) is 4.29. The van der Waals surface area contributed by atoms with Crippen LogP contribution in [0.1, 0.15) is 36.8 Å². The number of carbonyl (C=O) groups excluding carboxylic acids is 1. The molecule has 0 saturated carbocycles. The number of benzene rings is 2. The van der Waals surface area contributed by atoms with Crippen LogP contribution < -0.4 is 10.6 Å². The van der Waals surface area contributed by atoms with Crippen LogP contribution in [0.2, 0.25) is 0 Å². The third kappa shape index (κ3) is 4.30. The number of rotatable bonds is 2. The molecule has 5 heteroatoms. The van der Waals surface area contributed by atoms with Crippen molar-refractivity contribution in [3.8, 4) is 0 Å². The number of carbonyl (C=O) groups is 1. The minimum atomic E-state index is -0.225. The largest absolute Gasteiger partial charge is 0.379 e. The van der Waals surface area contributed by atoms with Crippen molar-refractivity contribution < 1.29 is 9.18 Å². The second-order valence-electron chi connectivity index (χ2n) is 7.78. The number of halogens is 1. The number of hydrogen-bond donors (Lipinski definition) is 2. The number of fused-ring (bicyclic) bond motifs is 1. The van der Waals surface area contributed by atoms with E-state index in [0.717, 1.165) is 55.7 Å². The Labute approximate surface area is 159 Å². The zero-order valence-electron chi connectivity index (χ0n) is 15.5. The molecule has 0 aliphatic carbocycles. The molecule has 4 nitrogen and oxygen atoms in total. The summed E-state index contributed by atoms with van der Waals surface area (Å²) >= 11 is 0. The number of para-hydroxylation sites is 1. The molecule has 1 atom stereocenters. The quantitative estimate of drug-likeness (QED) is 0.851. The van der Waals surface area contributed by atoms with Crippen LogP contribution in [0.4, 0.5) is 10.1 Å². The van der Waals surface area contributed by atoms with Crippen molar-refractivity contribution in [3.05, 3.63) is 65.5 Å². The maximum absolute atomic E-state index is 13.5. The molecule has 27 heavy (non-hydrogen) atoms. The fraction of sp³-hybridized carbons (Fsp3) is 0.409. The van der Waals surface area contributed by atoms with E-state index in [9.17, 15) is 9.18 Å². The van der Waals surface area contributed by atoms with Gasteiger partial charge in [0.2, 0.25) is 5.91 Å². The van der Waals surface area contributed by atoms with E-state index in [2.05, 4.69) is 27.7 Å². The van der Waals surface area contributed by atoms with E-state index >= 15 is 0 Å². The molecule has 0 aromatic heterocycles. The highest BCUT2D eigenvalue weighted by molar-refractivity contribution is 5.79. The molecule has 2 N–H and O–H groups in total. The summed E-state index contributed by atoms with van der Waals surface area (Å²) in [5, 5.41) is 6.79. The average Bonchev–Trinajstić information content (AvgIpc) is 2.82. The average molecular weight is 367 g/mol. The molecule has 0 radical (unpaired) electrons. The monoisotopic (exact) mass is 367 g/mol. The van der Waals surface area contributed by atoms with Crippen molar-refractivity contribution >= 4 is 11.6 Å². The van der Waals surface area contributed by atoms with Gasteiger partial charge in [-0.15, -0.1) is 0 Å². The maximum atomic E-state index is 13.5. The molecule has 1 spiro atoms. The first-order chi connectivity index (χ1) is 13.1. The normalized spacial score (nSPS) is 23.5. The van der Waals surface area contributed by atoms with E-state index in [4.69, 9.17) is 0 Å². The number of nitrogens with zero attached hydrogens (tertiary/aromatic N) is 1. The number of hydrogen-bond acceptors (Lipinski definition) is 3. The van der Waals surface area contributed by atoms with Gasteiger partial charge in [-0.25, -0.2) is 4.39 Å². The van der Waals surface area contributed by atoms with Gasteiger partial charge in [-0.2, -0.15) is 0 Å². The van der Waals surface area contributed by atoms with Gasteiger partial charge in [0.25, 0.3) is 0 Å². The Balaban J connectivity index is 1.51. The molecule has 2 aromatic rings. The lowest BCUT2D eigenvalue weighted by Crippen LogP contribution is -2.46. The molecule has 0 bridgehead atoms. The lowest BCUT2D eigenvalue weighted by Gasteiger charge is -2.37. The summed E-state index contributed by atoms with van der Waals surface area (Å²) in [5.74, 6) is -0.0793. The predicted molar refractivity (Wildman–Crippen MR) is 105 cm³/mol. The molecule has 2 heterocycles. The molecule has 1 saturated heterocycles. The lowest BCUT2D eigenvalue weighted by molar-refractivity contribution is -0.122. The van der Waals surface area contributed by atoms with Crippen LogP contribution >= 0.6 is 0 Å². The van der Waals surface area contributed by atoms with Crippen molar-refractivity contribution in [3.63, 3.8) is 0 Å². The van der Waals surface area contributed by atoms with Crippen molar-refractivity contribution in [1.82, 2.24) is 10.2 Å². The Morgan fingerprint density at radius 2 is 1.96 bits per heavy atom. The van der Waals surface area contributed by atoms with Gasteiger partial charge in [0.05, 0.1) is 0 Å². The Bertz CT molecular complexity index is 825. The highest BCUT2D eigenvalue weighted by Gasteiger charge is 2.36. The van der Waals surface area contributed by atoms with Gasteiger partial charge in [0.15, 0.2) is 0 Å². The summed E-state index contributed by atoms with van der Waals surface area (Å²) in [7, 11) is 0. The van der Waals surface area contributed by atoms with Crippen molar-refractivity contribution in [2.24, 2.45) is 0 Å². The van der Waals surface area contributed by atoms with E-state index < -0.39 is 0 Å². The van der Waals surface area contributed by atoms with Crippen molar-refractivity contribution in [2.45, 2.75) is 44.3 Å². The Kier molecular flexibility index (Phi) is 5.12. The second kappa shape index (κ2) is 7.69. The summed E-state index contributed by atoms with van der Waals surface area (Å²) in [6.07, 6.45) is 3.35. The highest BCUT2D eigenvalue weighted by atomic mass is 19.1. The van der Waals surface area contributed by atoms with Gasteiger partial charge >= 0.3 is 0 Å². The van der Waals surface area contributed by atoms with Crippen LogP contribution in [0.5, 0.6) is 0 Å². The standard InChI is InChI=1S/C22H26FN3O/c23-19-7-3-5-17(13-19)16-26-11-4-9-22(10-12-26)14-21(27)24-15-18-6-1-2-8-20(18)25-22/h1-3,5-8,13,25H,4,9-12,14-16H2,(H,24,27)/t22-/m1/s1.